The summed E-state index contributed by atoms with van der Waals surface area (Å²) in [5.41, 5.74) is 10.8. The maximum Gasteiger partial charge on any atom is 0.0381 e. The molecule has 1 aliphatic carbocycles. The summed E-state index contributed by atoms with van der Waals surface area (Å²) in [5, 5.41) is 0. The second kappa shape index (κ2) is 5.44. The number of rotatable bonds is 4. The highest BCUT2D eigenvalue weighted by Crippen LogP contribution is 2.29. The van der Waals surface area contributed by atoms with E-state index in [2.05, 4.69) is 39.0 Å². The molecule has 1 aromatic carbocycles. The van der Waals surface area contributed by atoms with Gasteiger partial charge in [-0.3, -0.25) is 0 Å². The Morgan fingerprint density at radius 1 is 1.17 bits per heavy atom. The monoisotopic (exact) mass is 245 g/mol. The van der Waals surface area contributed by atoms with E-state index in [0.717, 1.165) is 12.3 Å². The smallest absolute Gasteiger partial charge is 0.0381 e. The van der Waals surface area contributed by atoms with E-state index in [1.807, 2.05) is 0 Å². The summed E-state index contributed by atoms with van der Waals surface area (Å²) < 4.78 is 0. The van der Waals surface area contributed by atoms with Crippen molar-refractivity contribution in [2.75, 3.05) is 0 Å². The van der Waals surface area contributed by atoms with E-state index < -0.39 is 0 Å². The Labute approximate surface area is 112 Å². The maximum atomic E-state index is 6.52. The van der Waals surface area contributed by atoms with E-state index in [0.29, 0.717) is 0 Å². The highest BCUT2D eigenvalue weighted by Gasteiger charge is 2.22. The fourth-order valence-electron chi connectivity index (χ4n) is 2.82. The van der Waals surface area contributed by atoms with Crippen LogP contribution in [0, 0.1) is 5.92 Å². The van der Waals surface area contributed by atoms with E-state index >= 15 is 0 Å². The molecule has 0 fully saturated rings. The van der Waals surface area contributed by atoms with Crippen molar-refractivity contribution >= 4 is 0 Å². The van der Waals surface area contributed by atoms with Gasteiger partial charge < -0.3 is 5.73 Å². The van der Waals surface area contributed by atoms with Crippen molar-refractivity contribution in [3.8, 4) is 0 Å². The van der Waals surface area contributed by atoms with Gasteiger partial charge in [0, 0.05) is 5.54 Å². The van der Waals surface area contributed by atoms with Crippen LogP contribution in [0.15, 0.2) is 18.2 Å². The minimum absolute atomic E-state index is 0.170. The summed E-state index contributed by atoms with van der Waals surface area (Å²) in [6, 6.07) is 6.93. The van der Waals surface area contributed by atoms with Crippen LogP contribution in [-0.2, 0) is 18.4 Å². The third-order valence-corrected chi connectivity index (χ3v) is 4.25. The van der Waals surface area contributed by atoms with Crippen LogP contribution in [0.5, 0.6) is 0 Å². The molecular weight excluding hydrogens is 218 g/mol. The lowest BCUT2D eigenvalue weighted by atomic mass is 9.82. The van der Waals surface area contributed by atoms with Gasteiger partial charge in [-0.2, -0.15) is 0 Å². The number of aryl methyl sites for hydroxylation is 2. The summed E-state index contributed by atoms with van der Waals surface area (Å²) in [5.74, 6) is 0.727. The van der Waals surface area contributed by atoms with Gasteiger partial charge in [0.15, 0.2) is 0 Å². The first-order valence-corrected chi connectivity index (χ1v) is 7.40. The number of fused-ring (bicyclic) bond motifs is 1. The molecule has 0 spiro atoms. The first kappa shape index (κ1) is 13.6. The second-order valence-electron chi connectivity index (χ2n) is 6.54. The van der Waals surface area contributed by atoms with Crippen LogP contribution in [0.2, 0.25) is 0 Å². The molecule has 2 rings (SSSR count). The van der Waals surface area contributed by atoms with Gasteiger partial charge in [-0.1, -0.05) is 32.0 Å². The first-order chi connectivity index (χ1) is 8.49. The molecule has 0 heterocycles. The molecule has 0 aliphatic heterocycles. The molecule has 1 atom stereocenters. The van der Waals surface area contributed by atoms with Crippen molar-refractivity contribution in [1.29, 1.82) is 0 Å². The lowest BCUT2D eigenvalue weighted by Gasteiger charge is -2.28. The topological polar surface area (TPSA) is 26.0 Å². The van der Waals surface area contributed by atoms with E-state index in [-0.39, 0.29) is 5.54 Å². The Balaban J connectivity index is 2.16. The molecule has 100 valence electrons. The number of hydrogen-bond donors (Lipinski definition) is 1. The molecule has 0 amide bonds. The van der Waals surface area contributed by atoms with Crippen molar-refractivity contribution in [3.05, 3.63) is 34.9 Å². The van der Waals surface area contributed by atoms with Gasteiger partial charge in [-0.15, -0.1) is 0 Å². The SMILES string of the molecule is CC(C)CCC(C)(N)c1ccc2c(c1)CCCC2. The molecule has 1 nitrogen and oxygen atoms in total. The summed E-state index contributed by atoms with van der Waals surface area (Å²) in [4.78, 5) is 0. The Morgan fingerprint density at radius 3 is 2.50 bits per heavy atom. The zero-order valence-corrected chi connectivity index (χ0v) is 12.1. The molecule has 1 unspecified atom stereocenters. The Bertz CT molecular complexity index is 404. The summed E-state index contributed by atoms with van der Waals surface area (Å²) in [6.07, 6.45) is 7.45. The maximum absolute atomic E-state index is 6.52. The van der Waals surface area contributed by atoms with Crippen molar-refractivity contribution in [2.24, 2.45) is 11.7 Å². The molecular formula is C17H27N. The number of benzene rings is 1. The van der Waals surface area contributed by atoms with Crippen LogP contribution in [0.25, 0.3) is 0 Å². The second-order valence-corrected chi connectivity index (χ2v) is 6.54. The van der Waals surface area contributed by atoms with Crippen molar-refractivity contribution < 1.29 is 0 Å². The molecule has 0 radical (unpaired) electrons. The lowest BCUT2D eigenvalue weighted by molar-refractivity contribution is 0.396. The predicted molar refractivity (Wildman–Crippen MR) is 78.7 cm³/mol. The van der Waals surface area contributed by atoms with E-state index in [1.54, 1.807) is 11.1 Å². The number of nitrogens with two attached hydrogens (primary N) is 1. The van der Waals surface area contributed by atoms with E-state index in [1.165, 1.54) is 37.7 Å². The quantitative estimate of drug-likeness (QED) is 0.846. The fourth-order valence-corrected chi connectivity index (χ4v) is 2.82. The minimum Gasteiger partial charge on any atom is -0.322 e. The van der Waals surface area contributed by atoms with Gasteiger partial charge in [0.05, 0.1) is 0 Å². The normalized spacial score (nSPS) is 18.5. The van der Waals surface area contributed by atoms with Crippen molar-refractivity contribution in [1.82, 2.24) is 0 Å². The fraction of sp³-hybridized carbons (Fsp3) is 0.647. The highest BCUT2D eigenvalue weighted by atomic mass is 14.7. The van der Waals surface area contributed by atoms with Gasteiger partial charge in [-0.25, -0.2) is 0 Å². The van der Waals surface area contributed by atoms with Gasteiger partial charge in [-0.05, 0) is 68.1 Å². The molecule has 0 saturated carbocycles. The molecule has 18 heavy (non-hydrogen) atoms. The van der Waals surface area contributed by atoms with Crippen LogP contribution in [0.4, 0.5) is 0 Å². The number of hydrogen-bond acceptors (Lipinski definition) is 1. The zero-order chi connectivity index (χ0) is 13.2. The van der Waals surface area contributed by atoms with Gasteiger partial charge >= 0.3 is 0 Å². The Kier molecular flexibility index (Phi) is 4.11. The summed E-state index contributed by atoms with van der Waals surface area (Å²) >= 11 is 0. The largest absolute Gasteiger partial charge is 0.322 e. The van der Waals surface area contributed by atoms with Crippen LogP contribution in [-0.4, -0.2) is 0 Å². The molecule has 2 N–H and O–H groups in total. The molecule has 0 saturated heterocycles. The third kappa shape index (κ3) is 3.14. The van der Waals surface area contributed by atoms with Gasteiger partial charge in [0.1, 0.15) is 0 Å². The molecule has 1 aliphatic rings. The van der Waals surface area contributed by atoms with E-state index in [4.69, 9.17) is 5.73 Å². The lowest BCUT2D eigenvalue weighted by Crippen LogP contribution is -2.33. The molecule has 0 aromatic heterocycles. The highest BCUT2D eigenvalue weighted by molar-refractivity contribution is 5.36. The first-order valence-electron chi connectivity index (χ1n) is 7.40. The van der Waals surface area contributed by atoms with Crippen LogP contribution in [0.1, 0.15) is 63.1 Å². The van der Waals surface area contributed by atoms with Gasteiger partial charge in [0.25, 0.3) is 0 Å². The predicted octanol–water partition coefficient (Wildman–Crippen LogP) is 4.18. The van der Waals surface area contributed by atoms with Crippen LogP contribution < -0.4 is 5.73 Å². The minimum atomic E-state index is -0.170. The average Bonchev–Trinajstić information content (AvgIpc) is 2.36. The summed E-state index contributed by atoms with van der Waals surface area (Å²) in [6.45, 7) is 6.71. The van der Waals surface area contributed by atoms with E-state index in [9.17, 15) is 0 Å². The Hall–Kier alpha value is -0.820. The third-order valence-electron chi connectivity index (χ3n) is 4.25. The summed E-state index contributed by atoms with van der Waals surface area (Å²) in [7, 11) is 0. The molecule has 1 heteroatoms. The van der Waals surface area contributed by atoms with Crippen molar-refractivity contribution in [3.63, 3.8) is 0 Å². The van der Waals surface area contributed by atoms with Crippen molar-refractivity contribution in [2.45, 2.75) is 64.8 Å². The average molecular weight is 245 g/mol. The standard InChI is InChI=1S/C17H27N/c1-13(2)10-11-17(3,18)16-9-8-14-6-4-5-7-15(14)12-16/h8-9,12-13H,4-7,10-11,18H2,1-3H3. The molecule has 0 bridgehead atoms. The Morgan fingerprint density at radius 2 is 1.83 bits per heavy atom. The molecule has 1 aromatic rings. The van der Waals surface area contributed by atoms with Crippen LogP contribution >= 0.6 is 0 Å². The van der Waals surface area contributed by atoms with Crippen LogP contribution in [0.3, 0.4) is 0 Å². The van der Waals surface area contributed by atoms with Gasteiger partial charge in [0.2, 0.25) is 0 Å². The zero-order valence-electron chi connectivity index (χ0n) is 12.1.